The van der Waals surface area contributed by atoms with Gasteiger partial charge in [0.25, 0.3) is 0 Å². The minimum atomic E-state index is -5.84. The molecule has 34 heavy (non-hydrogen) atoms. The van der Waals surface area contributed by atoms with E-state index in [9.17, 15) is 31.9 Å². The molecule has 184 valence electrons. The monoisotopic (exact) mass is 482 g/mol. The number of carbonyl (C=O) groups excluding carboxylic acids is 1. The first-order valence-corrected chi connectivity index (χ1v) is 11.7. The lowest BCUT2D eigenvalue weighted by molar-refractivity contribution is -0.362. The number of hydrogen-bond donors (Lipinski definition) is 1. The highest BCUT2D eigenvalue weighted by molar-refractivity contribution is 5.74. The number of ether oxygens (including phenoxy) is 1. The first-order chi connectivity index (χ1) is 15.9. The molecule has 1 aromatic carbocycles. The van der Waals surface area contributed by atoms with E-state index < -0.39 is 41.4 Å². The Morgan fingerprint density at radius 3 is 2.44 bits per heavy atom. The van der Waals surface area contributed by atoms with Gasteiger partial charge >= 0.3 is 12.1 Å². The van der Waals surface area contributed by atoms with Crippen LogP contribution in [0.3, 0.4) is 0 Å². The van der Waals surface area contributed by atoms with E-state index in [4.69, 9.17) is 4.74 Å². The van der Waals surface area contributed by atoms with E-state index in [0.717, 1.165) is 22.3 Å². The molecule has 1 N–H and O–H groups in total. The van der Waals surface area contributed by atoms with Crippen molar-refractivity contribution in [2.24, 2.45) is 17.3 Å². The SMILES string of the molecule is C[C@]12C[C@H](c3ccc(C=O)cc3)C3=C4CCOC=C4CCC3C1CC[C@@]2(O)C(F)(F)C(F)(F)F. The Labute approximate surface area is 194 Å². The van der Waals surface area contributed by atoms with Crippen molar-refractivity contribution in [1.29, 1.82) is 0 Å². The van der Waals surface area contributed by atoms with Crippen LogP contribution in [0.25, 0.3) is 0 Å². The molecule has 0 aromatic heterocycles. The Hall–Kier alpha value is -2.22. The molecule has 5 atom stereocenters. The highest BCUT2D eigenvalue weighted by atomic mass is 19.4. The zero-order valence-electron chi connectivity index (χ0n) is 18.8. The molecule has 2 unspecified atom stereocenters. The maximum atomic E-state index is 14.9. The number of carbonyl (C=O) groups is 1. The minimum absolute atomic E-state index is 0.0241. The molecule has 2 fully saturated rings. The van der Waals surface area contributed by atoms with Gasteiger partial charge in [0.15, 0.2) is 0 Å². The molecule has 0 bridgehead atoms. The molecule has 1 aliphatic heterocycles. The summed E-state index contributed by atoms with van der Waals surface area (Å²) in [6, 6.07) is 6.75. The number of halogens is 5. The average molecular weight is 482 g/mol. The van der Waals surface area contributed by atoms with Crippen LogP contribution in [0.15, 0.2) is 47.2 Å². The number of fused-ring (bicyclic) bond motifs is 4. The summed E-state index contributed by atoms with van der Waals surface area (Å²) in [5, 5.41) is 11.2. The van der Waals surface area contributed by atoms with Crippen LogP contribution >= 0.6 is 0 Å². The maximum absolute atomic E-state index is 14.9. The lowest BCUT2D eigenvalue weighted by atomic mass is 9.50. The van der Waals surface area contributed by atoms with Gasteiger partial charge in [-0.3, -0.25) is 4.79 Å². The molecule has 0 radical (unpaired) electrons. The number of benzene rings is 1. The molecule has 5 rings (SSSR count). The quantitative estimate of drug-likeness (QED) is 0.404. The molecular weight excluding hydrogens is 455 g/mol. The van der Waals surface area contributed by atoms with Gasteiger partial charge in [-0.2, -0.15) is 22.0 Å². The summed E-state index contributed by atoms with van der Waals surface area (Å²) in [4.78, 5) is 11.1. The smallest absolute Gasteiger partial charge is 0.456 e. The van der Waals surface area contributed by atoms with Crippen molar-refractivity contribution in [3.8, 4) is 0 Å². The molecule has 3 nitrogen and oxygen atoms in total. The largest absolute Gasteiger partial charge is 0.501 e. The van der Waals surface area contributed by atoms with Gasteiger partial charge in [0.2, 0.25) is 0 Å². The molecule has 1 heterocycles. The van der Waals surface area contributed by atoms with Gasteiger partial charge < -0.3 is 9.84 Å². The fourth-order valence-electron chi connectivity index (χ4n) is 7.30. The van der Waals surface area contributed by atoms with Crippen molar-refractivity contribution >= 4 is 6.29 Å². The minimum Gasteiger partial charge on any atom is -0.501 e. The van der Waals surface area contributed by atoms with E-state index in [1.807, 2.05) is 0 Å². The van der Waals surface area contributed by atoms with Crippen molar-refractivity contribution < 1.29 is 36.6 Å². The summed E-state index contributed by atoms with van der Waals surface area (Å²) in [5.74, 6) is -6.34. The van der Waals surface area contributed by atoms with Gasteiger partial charge in [-0.05, 0) is 60.6 Å². The van der Waals surface area contributed by atoms with Crippen LogP contribution in [0, 0.1) is 17.3 Å². The number of hydrogen-bond acceptors (Lipinski definition) is 3. The Kier molecular flexibility index (Phi) is 5.28. The Bertz CT molecular complexity index is 1060. The van der Waals surface area contributed by atoms with Crippen LogP contribution in [0.1, 0.15) is 67.3 Å². The number of aliphatic hydroxyl groups is 1. The third-order valence-electron chi connectivity index (χ3n) is 8.98. The van der Waals surface area contributed by atoms with Crippen LogP contribution in [0.2, 0.25) is 0 Å². The third-order valence-corrected chi connectivity index (χ3v) is 8.98. The number of aldehydes is 1. The molecule has 2 saturated carbocycles. The van der Waals surface area contributed by atoms with E-state index in [-0.39, 0.29) is 18.8 Å². The van der Waals surface area contributed by atoms with Gasteiger partial charge in [-0.15, -0.1) is 0 Å². The van der Waals surface area contributed by atoms with E-state index in [1.54, 1.807) is 30.5 Å². The van der Waals surface area contributed by atoms with Gasteiger partial charge in [-0.1, -0.05) is 36.8 Å². The number of rotatable bonds is 3. The van der Waals surface area contributed by atoms with Crippen molar-refractivity contribution in [2.45, 2.75) is 69.1 Å². The van der Waals surface area contributed by atoms with Crippen LogP contribution in [0.5, 0.6) is 0 Å². The van der Waals surface area contributed by atoms with Crippen molar-refractivity contribution in [3.63, 3.8) is 0 Å². The van der Waals surface area contributed by atoms with E-state index >= 15 is 0 Å². The van der Waals surface area contributed by atoms with Gasteiger partial charge in [-0.25, -0.2) is 0 Å². The average Bonchev–Trinajstić information content (AvgIpc) is 3.09. The highest BCUT2D eigenvalue weighted by Gasteiger charge is 2.79. The second-order valence-corrected chi connectivity index (χ2v) is 10.4. The summed E-state index contributed by atoms with van der Waals surface area (Å²) in [5.41, 5.74) is -0.352. The van der Waals surface area contributed by atoms with Crippen LogP contribution in [0.4, 0.5) is 22.0 Å². The van der Waals surface area contributed by atoms with Crippen molar-refractivity contribution in [3.05, 3.63) is 58.4 Å². The van der Waals surface area contributed by atoms with Gasteiger partial charge in [0.05, 0.1) is 12.9 Å². The summed E-state index contributed by atoms with van der Waals surface area (Å²) >= 11 is 0. The lowest BCUT2D eigenvalue weighted by Gasteiger charge is -2.56. The van der Waals surface area contributed by atoms with Gasteiger partial charge in [0.1, 0.15) is 11.9 Å². The summed E-state index contributed by atoms with van der Waals surface area (Å²) in [7, 11) is 0. The van der Waals surface area contributed by atoms with Crippen LogP contribution < -0.4 is 0 Å². The van der Waals surface area contributed by atoms with Crippen molar-refractivity contribution in [2.75, 3.05) is 6.61 Å². The molecular formula is C26H27F5O3. The molecule has 8 heteroatoms. The fourth-order valence-corrected chi connectivity index (χ4v) is 7.30. The predicted molar refractivity (Wildman–Crippen MR) is 114 cm³/mol. The molecule has 1 aromatic rings. The van der Waals surface area contributed by atoms with Crippen molar-refractivity contribution in [1.82, 2.24) is 0 Å². The first-order valence-electron chi connectivity index (χ1n) is 11.7. The number of alkyl halides is 5. The molecule has 0 spiro atoms. The number of allylic oxidation sites excluding steroid dienone is 2. The van der Waals surface area contributed by atoms with E-state index in [1.165, 1.54) is 6.92 Å². The third kappa shape index (κ3) is 3.06. The molecule has 3 aliphatic carbocycles. The zero-order valence-corrected chi connectivity index (χ0v) is 18.8. The Morgan fingerprint density at radius 1 is 1.09 bits per heavy atom. The summed E-state index contributed by atoms with van der Waals surface area (Å²) < 4.78 is 76.0. The van der Waals surface area contributed by atoms with E-state index in [2.05, 4.69) is 0 Å². The normalized spacial score (nSPS) is 35.6. The molecule has 0 saturated heterocycles. The first kappa shape index (κ1) is 23.5. The maximum Gasteiger partial charge on any atom is 0.456 e. The standard InChI is InChI=1S/C26H27F5O3/c1-23-12-20(16-4-2-15(13-32)3-5-16)22-18-9-11-34-14-17(18)6-7-19(22)21(23)8-10-24(23,33)25(27,28)26(29,30)31/h2-5,13-14,19-21,33H,6-12H2,1H3/t19?,20-,21?,23+,24+/m1/s1. The van der Waals surface area contributed by atoms with E-state index in [0.29, 0.717) is 37.7 Å². The lowest BCUT2D eigenvalue weighted by Crippen LogP contribution is -2.65. The highest BCUT2D eigenvalue weighted by Crippen LogP contribution is 2.70. The molecule has 0 amide bonds. The topological polar surface area (TPSA) is 46.5 Å². The fraction of sp³-hybridized carbons (Fsp3) is 0.577. The predicted octanol–water partition coefficient (Wildman–Crippen LogP) is 6.34. The Balaban J connectivity index is 1.68. The summed E-state index contributed by atoms with van der Waals surface area (Å²) in [6.07, 6.45) is -1.96. The Morgan fingerprint density at radius 2 is 1.79 bits per heavy atom. The second kappa shape index (κ2) is 7.64. The zero-order chi connectivity index (χ0) is 24.5. The molecule has 4 aliphatic rings. The van der Waals surface area contributed by atoms with Crippen LogP contribution in [-0.2, 0) is 4.74 Å². The second-order valence-electron chi connectivity index (χ2n) is 10.4. The van der Waals surface area contributed by atoms with Gasteiger partial charge in [0, 0.05) is 23.3 Å². The summed E-state index contributed by atoms with van der Waals surface area (Å²) in [6.45, 7) is 1.91. The van der Waals surface area contributed by atoms with Crippen LogP contribution in [-0.4, -0.2) is 35.7 Å².